The van der Waals surface area contributed by atoms with Gasteiger partial charge in [-0.2, -0.15) is 18.2 Å². The molecule has 4 aliphatic rings. The molecule has 2 unspecified atom stereocenters. The minimum Gasteiger partial charge on any atom is -0.464 e. The Labute approximate surface area is 320 Å². The van der Waals surface area contributed by atoms with Crippen LogP contribution in [0.4, 0.5) is 17.6 Å². The predicted octanol–water partition coefficient (Wildman–Crippen LogP) is 9.17. The number of carbonyl (C=O) groups is 1. The average Bonchev–Trinajstić information content (AvgIpc) is 3.73. The van der Waals surface area contributed by atoms with Crippen LogP contribution in [0.3, 0.4) is 0 Å². The average molecular weight is 774 g/mol. The van der Waals surface area contributed by atoms with Gasteiger partial charge < -0.3 is 14.6 Å². The first-order chi connectivity index (χ1) is 26.3. The standard InChI is InChI=1S/C41H43F4N7O2S/c1-23(2)15-37(53)50-14-6-8-36(50)49(4)51-22-33(51)26-17-28(42)38-32-18-25-16-24(29-21-46-39(47-29)31-7-5-13-48(31)3)9-11-30(25)52(32)40(54-34(38)19-26)35-12-10-27(55-35)20-41(43,44)45/h9-12,16-19,21-23,31,36,40H,5-8,13-15,20H2,1-4H3,(H,46,47)/t31?,36-,40?,51?/m0/s1. The Hall–Kier alpha value is -4.66. The molecule has 2 saturated heterocycles. The number of hydrazine groups is 1. The highest BCUT2D eigenvalue weighted by Gasteiger charge is 2.40. The lowest BCUT2D eigenvalue weighted by Crippen LogP contribution is -2.48. The molecule has 9 rings (SSSR count). The first-order valence-electron chi connectivity index (χ1n) is 18.9. The number of rotatable bonds is 9. The van der Waals surface area contributed by atoms with Crippen LogP contribution in [0.25, 0.3) is 39.1 Å². The Bertz CT molecular complexity index is 2330. The summed E-state index contributed by atoms with van der Waals surface area (Å²) in [6, 6.07) is 14.6. The zero-order chi connectivity index (χ0) is 38.3. The number of imidazole rings is 1. The van der Waals surface area contributed by atoms with E-state index in [2.05, 4.69) is 16.9 Å². The minimum atomic E-state index is -4.35. The SMILES string of the molecule is CC(C)CC(=O)N1CCC[C@H]1N(C)N1C=C1c1cc(F)c2c(c1)OC(c1ccc(CC(F)(F)F)s1)n1c-2cc2cc(-c3cnc(C4CCCN4C)[nH]3)ccc21. The molecule has 9 nitrogen and oxygen atoms in total. The van der Waals surface area contributed by atoms with Crippen LogP contribution in [0.1, 0.15) is 79.4 Å². The van der Waals surface area contributed by atoms with Crippen LogP contribution in [0.15, 0.2) is 60.9 Å². The Morgan fingerprint density at radius 1 is 1.07 bits per heavy atom. The summed E-state index contributed by atoms with van der Waals surface area (Å²) in [5.74, 6) is 1.16. The number of amides is 1. The molecule has 7 heterocycles. The van der Waals surface area contributed by atoms with Crippen molar-refractivity contribution in [1.82, 2.24) is 34.4 Å². The number of halogens is 4. The number of carbonyl (C=O) groups excluding carboxylic acids is 1. The minimum absolute atomic E-state index is 0.106. The number of ether oxygens (including phenoxy) is 1. The Kier molecular flexibility index (Phi) is 8.85. The normalized spacial score (nSPS) is 21.1. The molecule has 288 valence electrons. The van der Waals surface area contributed by atoms with Gasteiger partial charge in [0.1, 0.15) is 23.6 Å². The van der Waals surface area contributed by atoms with E-state index in [1.54, 1.807) is 6.07 Å². The number of aromatic amines is 1. The Morgan fingerprint density at radius 3 is 2.65 bits per heavy atom. The molecule has 0 radical (unpaired) electrons. The van der Waals surface area contributed by atoms with Crippen LogP contribution in [0.5, 0.6) is 5.75 Å². The summed E-state index contributed by atoms with van der Waals surface area (Å²) in [5, 5.41) is 4.81. The molecule has 3 aromatic heterocycles. The van der Waals surface area contributed by atoms with Gasteiger partial charge in [0.05, 0.1) is 51.7 Å². The highest BCUT2D eigenvalue weighted by Crippen LogP contribution is 2.49. The Balaban J connectivity index is 1.06. The molecule has 0 aliphatic carbocycles. The van der Waals surface area contributed by atoms with E-state index in [9.17, 15) is 18.0 Å². The molecule has 0 bridgehead atoms. The smallest absolute Gasteiger partial charge is 0.393 e. The maximum atomic E-state index is 16.5. The zero-order valence-electron chi connectivity index (χ0n) is 31.2. The second-order valence-corrected chi connectivity index (χ2v) is 16.8. The monoisotopic (exact) mass is 773 g/mol. The number of nitrogens with zero attached hydrogens (tertiary/aromatic N) is 6. The molecule has 1 N–H and O–H groups in total. The molecule has 0 saturated carbocycles. The second-order valence-electron chi connectivity index (χ2n) is 15.6. The molecular formula is C41H43F4N7O2S. The third-order valence-corrected chi connectivity index (χ3v) is 12.4. The highest BCUT2D eigenvalue weighted by atomic mass is 32.1. The molecule has 4 aliphatic heterocycles. The van der Waals surface area contributed by atoms with Gasteiger partial charge >= 0.3 is 6.18 Å². The van der Waals surface area contributed by atoms with E-state index in [0.29, 0.717) is 40.4 Å². The molecule has 0 spiro atoms. The number of thiophene rings is 1. The maximum Gasteiger partial charge on any atom is 0.393 e. The third kappa shape index (κ3) is 6.61. The van der Waals surface area contributed by atoms with Gasteiger partial charge in [-0.3, -0.25) is 19.3 Å². The van der Waals surface area contributed by atoms with Gasteiger partial charge in [0, 0.05) is 47.6 Å². The fourth-order valence-electron chi connectivity index (χ4n) is 8.60. The van der Waals surface area contributed by atoms with Crippen molar-refractivity contribution in [2.75, 3.05) is 27.2 Å². The van der Waals surface area contributed by atoms with Crippen molar-refractivity contribution in [1.29, 1.82) is 0 Å². The van der Waals surface area contributed by atoms with Crippen molar-refractivity contribution in [2.24, 2.45) is 5.92 Å². The number of aromatic nitrogens is 3. The van der Waals surface area contributed by atoms with Crippen LogP contribution < -0.4 is 4.74 Å². The molecule has 14 heteroatoms. The van der Waals surface area contributed by atoms with Crippen LogP contribution in [-0.4, -0.2) is 79.8 Å². The van der Waals surface area contributed by atoms with E-state index in [1.807, 2.05) is 83.1 Å². The van der Waals surface area contributed by atoms with E-state index in [-0.39, 0.29) is 28.9 Å². The Morgan fingerprint density at radius 2 is 1.89 bits per heavy atom. The molecule has 5 aromatic rings. The number of hydrogen-bond donors (Lipinski definition) is 1. The van der Waals surface area contributed by atoms with Crippen LogP contribution in [-0.2, 0) is 11.2 Å². The van der Waals surface area contributed by atoms with Gasteiger partial charge in [0.2, 0.25) is 12.1 Å². The van der Waals surface area contributed by atoms with E-state index in [1.165, 1.54) is 12.1 Å². The summed E-state index contributed by atoms with van der Waals surface area (Å²) >= 11 is 1.05. The van der Waals surface area contributed by atoms with Crippen molar-refractivity contribution in [3.8, 4) is 28.3 Å². The van der Waals surface area contributed by atoms with Crippen molar-refractivity contribution >= 4 is 33.8 Å². The van der Waals surface area contributed by atoms with Crippen molar-refractivity contribution in [2.45, 2.75) is 77.0 Å². The summed E-state index contributed by atoms with van der Waals surface area (Å²) in [6.45, 7) is 5.81. The number of nitrogens with one attached hydrogen (secondary N) is 1. The molecular weight excluding hydrogens is 731 g/mol. The number of H-pyrrole nitrogens is 1. The summed E-state index contributed by atoms with van der Waals surface area (Å²) < 4.78 is 65.4. The van der Waals surface area contributed by atoms with Gasteiger partial charge in [-0.15, -0.1) is 11.3 Å². The topological polar surface area (TPSA) is 72.6 Å². The van der Waals surface area contributed by atoms with E-state index < -0.39 is 24.6 Å². The molecule has 2 fully saturated rings. The molecule has 55 heavy (non-hydrogen) atoms. The van der Waals surface area contributed by atoms with Gasteiger partial charge in [-0.25, -0.2) is 9.37 Å². The first-order valence-corrected chi connectivity index (χ1v) is 19.7. The highest BCUT2D eigenvalue weighted by molar-refractivity contribution is 7.12. The van der Waals surface area contributed by atoms with Gasteiger partial charge in [-0.1, -0.05) is 19.9 Å². The quantitative estimate of drug-likeness (QED) is 0.151. The van der Waals surface area contributed by atoms with E-state index >= 15 is 4.39 Å². The van der Waals surface area contributed by atoms with Crippen molar-refractivity contribution < 1.29 is 27.1 Å². The maximum absolute atomic E-state index is 16.5. The number of alkyl halides is 3. The van der Waals surface area contributed by atoms with Crippen LogP contribution >= 0.6 is 11.3 Å². The largest absolute Gasteiger partial charge is 0.464 e. The summed E-state index contributed by atoms with van der Waals surface area (Å²) in [5.41, 5.74) is 4.83. The van der Waals surface area contributed by atoms with Crippen LogP contribution in [0.2, 0.25) is 0 Å². The molecule has 3 atom stereocenters. The third-order valence-electron chi connectivity index (χ3n) is 11.3. The summed E-state index contributed by atoms with van der Waals surface area (Å²) in [6.07, 6.45) is 1.84. The fourth-order valence-corrected chi connectivity index (χ4v) is 9.66. The summed E-state index contributed by atoms with van der Waals surface area (Å²) in [7, 11) is 4.04. The van der Waals surface area contributed by atoms with E-state index in [0.717, 1.165) is 77.2 Å². The lowest BCUT2D eigenvalue weighted by molar-refractivity contribution is -0.138. The van der Waals surface area contributed by atoms with Gasteiger partial charge in [-0.05, 0) is 87.7 Å². The number of fused-ring (bicyclic) bond motifs is 5. The van der Waals surface area contributed by atoms with Gasteiger partial charge in [0.15, 0.2) is 0 Å². The molecule has 1 amide bonds. The van der Waals surface area contributed by atoms with Crippen molar-refractivity contribution in [3.63, 3.8) is 0 Å². The molecule has 2 aromatic carbocycles. The number of hydrogen-bond acceptors (Lipinski definition) is 7. The lowest BCUT2D eigenvalue weighted by Gasteiger charge is -2.34. The summed E-state index contributed by atoms with van der Waals surface area (Å²) in [4.78, 5) is 26.2. The predicted molar refractivity (Wildman–Crippen MR) is 204 cm³/mol. The van der Waals surface area contributed by atoms with Crippen molar-refractivity contribution in [3.05, 3.63) is 87.9 Å². The number of likely N-dealkylation sites (tertiary alicyclic amines) is 2. The lowest BCUT2D eigenvalue weighted by atomic mass is 10.0. The van der Waals surface area contributed by atoms with E-state index in [4.69, 9.17) is 9.72 Å². The van der Waals surface area contributed by atoms with Crippen LogP contribution in [0, 0.1) is 11.7 Å². The second kappa shape index (κ2) is 13.5. The first kappa shape index (κ1) is 36.0. The number of benzene rings is 2. The zero-order valence-corrected chi connectivity index (χ0v) is 32.0. The fraction of sp³-hybridized carbons (Fsp3) is 0.415. The van der Waals surface area contributed by atoms with Gasteiger partial charge in [0.25, 0.3) is 0 Å².